The summed E-state index contributed by atoms with van der Waals surface area (Å²) in [6.45, 7) is 5.77. The van der Waals surface area contributed by atoms with Gasteiger partial charge in [0, 0.05) is 25.4 Å². The third-order valence-electron chi connectivity index (χ3n) is 3.08. The van der Waals surface area contributed by atoms with Gasteiger partial charge < -0.3 is 14.6 Å². The highest BCUT2D eigenvalue weighted by atomic mass is 16.3. The topological polar surface area (TPSA) is 54.2 Å². The molecule has 0 unspecified atom stereocenters. The first-order chi connectivity index (χ1) is 9.69. The van der Waals surface area contributed by atoms with Gasteiger partial charge >= 0.3 is 0 Å². The van der Waals surface area contributed by atoms with Crippen LogP contribution in [0.4, 0.5) is 11.8 Å². The first kappa shape index (κ1) is 14.4. The van der Waals surface area contributed by atoms with Crippen LogP contribution in [0.5, 0.6) is 0 Å². The van der Waals surface area contributed by atoms with E-state index in [4.69, 9.17) is 4.42 Å². The lowest BCUT2D eigenvalue weighted by molar-refractivity contribution is 0.517. The zero-order valence-electron chi connectivity index (χ0n) is 12.4. The van der Waals surface area contributed by atoms with Crippen molar-refractivity contribution in [1.82, 2.24) is 9.97 Å². The summed E-state index contributed by atoms with van der Waals surface area (Å²) < 4.78 is 5.29. The number of aryl methyl sites for hydroxylation is 1. The van der Waals surface area contributed by atoms with Gasteiger partial charge in [0.15, 0.2) is 0 Å². The van der Waals surface area contributed by atoms with Gasteiger partial charge in [-0.3, -0.25) is 0 Å². The first-order valence-electron chi connectivity index (χ1n) is 7.02. The minimum absolute atomic E-state index is 0.592. The minimum Gasteiger partial charge on any atom is -0.467 e. The van der Waals surface area contributed by atoms with Gasteiger partial charge in [-0.1, -0.05) is 13.3 Å². The molecule has 0 spiro atoms. The number of unbranched alkanes of at least 4 members (excludes halogenated alkanes) is 1. The Morgan fingerprint density at radius 2 is 2.20 bits per heavy atom. The van der Waals surface area contributed by atoms with Gasteiger partial charge in [-0.25, -0.2) is 4.98 Å². The van der Waals surface area contributed by atoms with E-state index in [1.165, 1.54) is 6.42 Å². The van der Waals surface area contributed by atoms with Crippen molar-refractivity contribution < 1.29 is 4.42 Å². The van der Waals surface area contributed by atoms with Gasteiger partial charge in [0.1, 0.15) is 11.6 Å². The van der Waals surface area contributed by atoms with Crippen molar-refractivity contribution in [3.8, 4) is 0 Å². The smallest absolute Gasteiger partial charge is 0.225 e. The molecule has 108 valence electrons. The predicted molar refractivity (Wildman–Crippen MR) is 81.0 cm³/mol. The highest BCUT2D eigenvalue weighted by Gasteiger charge is 2.07. The number of aromatic nitrogens is 2. The lowest BCUT2D eigenvalue weighted by Crippen LogP contribution is -2.20. The molecule has 0 aliphatic rings. The van der Waals surface area contributed by atoms with E-state index in [0.29, 0.717) is 12.5 Å². The molecule has 0 aliphatic carbocycles. The molecule has 2 heterocycles. The second-order valence-electron chi connectivity index (χ2n) is 4.90. The van der Waals surface area contributed by atoms with E-state index in [2.05, 4.69) is 34.2 Å². The van der Waals surface area contributed by atoms with Crippen LogP contribution in [0.15, 0.2) is 28.9 Å². The van der Waals surface area contributed by atoms with Crippen molar-refractivity contribution in [3.63, 3.8) is 0 Å². The van der Waals surface area contributed by atoms with Gasteiger partial charge in [0.2, 0.25) is 5.95 Å². The summed E-state index contributed by atoms with van der Waals surface area (Å²) in [5.41, 5.74) is 0.959. The average molecular weight is 274 g/mol. The summed E-state index contributed by atoms with van der Waals surface area (Å²) in [5.74, 6) is 2.46. The molecule has 0 bridgehead atoms. The Morgan fingerprint density at radius 3 is 2.90 bits per heavy atom. The predicted octanol–water partition coefficient (Wildman–Crippen LogP) is 3.23. The quantitative estimate of drug-likeness (QED) is 0.840. The molecule has 1 N–H and O–H groups in total. The van der Waals surface area contributed by atoms with E-state index in [0.717, 1.165) is 30.2 Å². The number of anilines is 2. The fraction of sp³-hybridized carbons (Fsp3) is 0.467. The Hall–Kier alpha value is -2.04. The first-order valence-corrected chi connectivity index (χ1v) is 7.02. The molecule has 5 heteroatoms. The SMILES string of the molecule is CCCCN(C)c1cc(C)nc(NCc2ccco2)n1. The van der Waals surface area contributed by atoms with E-state index < -0.39 is 0 Å². The molecular weight excluding hydrogens is 252 g/mol. The molecule has 20 heavy (non-hydrogen) atoms. The molecule has 2 aromatic heterocycles. The van der Waals surface area contributed by atoms with Crippen LogP contribution >= 0.6 is 0 Å². The summed E-state index contributed by atoms with van der Waals surface area (Å²) in [5, 5.41) is 3.20. The van der Waals surface area contributed by atoms with Crippen molar-refractivity contribution in [1.29, 1.82) is 0 Å². The molecule has 2 aromatic rings. The largest absolute Gasteiger partial charge is 0.467 e. The highest BCUT2D eigenvalue weighted by molar-refractivity contribution is 5.44. The maximum absolute atomic E-state index is 5.29. The second kappa shape index (κ2) is 6.93. The number of hydrogen-bond donors (Lipinski definition) is 1. The van der Waals surface area contributed by atoms with E-state index >= 15 is 0 Å². The van der Waals surface area contributed by atoms with Gasteiger partial charge in [-0.05, 0) is 25.5 Å². The van der Waals surface area contributed by atoms with Gasteiger partial charge in [-0.15, -0.1) is 0 Å². The van der Waals surface area contributed by atoms with Crippen molar-refractivity contribution in [2.24, 2.45) is 0 Å². The van der Waals surface area contributed by atoms with Gasteiger partial charge in [0.05, 0.1) is 12.8 Å². The molecule has 0 saturated carbocycles. The van der Waals surface area contributed by atoms with Crippen molar-refractivity contribution in [2.75, 3.05) is 23.8 Å². The Balaban J connectivity index is 2.03. The molecule has 0 aliphatic heterocycles. The van der Waals surface area contributed by atoms with Crippen LogP contribution in [0.25, 0.3) is 0 Å². The molecule has 5 nitrogen and oxygen atoms in total. The Kier molecular flexibility index (Phi) is 4.98. The van der Waals surface area contributed by atoms with Crippen LogP contribution < -0.4 is 10.2 Å². The number of rotatable bonds is 7. The number of nitrogens with one attached hydrogen (secondary N) is 1. The third-order valence-corrected chi connectivity index (χ3v) is 3.08. The van der Waals surface area contributed by atoms with E-state index in [1.54, 1.807) is 6.26 Å². The molecule has 0 aromatic carbocycles. The molecule has 0 atom stereocenters. The van der Waals surface area contributed by atoms with Crippen LogP contribution in [0.1, 0.15) is 31.2 Å². The Morgan fingerprint density at radius 1 is 1.35 bits per heavy atom. The summed E-state index contributed by atoms with van der Waals surface area (Å²) in [7, 11) is 2.06. The van der Waals surface area contributed by atoms with E-state index in [1.807, 2.05) is 25.1 Å². The van der Waals surface area contributed by atoms with Crippen LogP contribution in [0, 0.1) is 6.92 Å². The fourth-order valence-corrected chi connectivity index (χ4v) is 1.92. The number of furan rings is 1. The average Bonchev–Trinajstić information content (AvgIpc) is 2.95. The van der Waals surface area contributed by atoms with E-state index in [-0.39, 0.29) is 0 Å². The van der Waals surface area contributed by atoms with Crippen molar-refractivity contribution in [2.45, 2.75) is 33.2 Å². The maximum Gasteiger partial charge on any atom is 0.225 e. The fourth-order valence-electron chi connectivity index (χ4n) is 1.92. The lowest BCUT2D eigenvalue weighted by Gasteiger charge is -2.18. The third kappa shape index (κ3) is 3.98. The van der Waals surface area contributed by atoms with Gasteiger partial charge in [0.25, 0.3) is 0 Å². The van der Waals surface area contributed by atoms with Crippen LogP contribution in [-0.4, -0.2) is 23.6 Å². The maximum atomic E-state index is 5.29. The summed E-state index contributed by atoms with van der Waals surface area (Å²) >= 11 is 0. The van der Waals surface area contributed by atoms with Crippen LogP contribution in [0.2, 0.25) is 0 Å². The molecule has 0 fully saturated rings. The van der Waals surface area contributed by atoms with Gasteiger partial charge in [-0.2, -0.15) is 4.98 Å². The van der Waals surface area contributed by atoms with Crippen molar-refractivity contribution >= 4 is 11.8 Å². The summed E-state index contributed by atoms with van der Waals surface area (Å²) in [6.07, 6.45) is 4.00. The summed E-state index contributed by atoms with van der Waals surface area (Å²) in [6, 6.07) is 5.81. The number of nitrogens with zero attached hydrogens (tertiary/aromatic N) is 3. The van der Waals surface area contributed by atoms with Crippen LogP contribution in [-0.2, 0) is 6.54 Å². The normalized spacial score (nSPS) is 10.6. The monoisotopic (exact) mass is 274 g/mol. The second-order valence-corrected chi connectivity index (χ2v) is 4.90. The number of hydrogen-bond acceptors (Lipinski definition) is 5. The Bertz CT molecular complexity index is 525. The molecule has 0 radical (unpaired) electrons. The molecular formula is C15H22N4O. The minimum atomic E-state index is 0.592. The molecule has 2 rings (SSSR count). The molecule has 0 saturated heterocycles. The van der Waals surface area contributed by atoms with Crippen molar-refractivity contribution in [3.05, 3.63) is 35.9 Å². The zero-order valence-corrected chi connectivity index (χ0v) is 12.4. The highest BCUT2D eigenvalue weighted by Crippen LogP contribution is 2.15. The van der Waals surface area contributed by atoms with Crippen LogP contribution in [0.3, 0.4) is 0 Å². The zero-order chi connectivity index (χ0) is 14.4. The molecule has 0 amide bonds. The lowest BCUT2D eigenvalue weighted by atomic mass is 10.3. The standard InChI is InChI=1S/C15H22N4O/c1-4-5-8-19(3)14-10-12(2)17-15(18-14)16-11-13-7-6-9-20-13/h6-7,9-10H,4-5,8,11H2,1-3H3,(H,16,17,18). The Labute approximate surface area is 120 Å². The van der Waals surface area contributed by atoms with E-state index in [9.17, 15) is 0 Å². The summed E-state index contributed by atoms with van der Waals surface area (Å²) in [4.78, 5) is 11.1.